The predicted octanol–water partition coefficient (Wildman–Crippen LogP) is 2.46. The molecule has 0 unspecified atom stereocenters. The van der Waals surface area contributed by atoms with Gasteiger partial charge in [-0.1, -0.05) is 29.3 Å². The monoisotopic (exact) mass is 213 g/mol. The molecule has 1 amide bonds. The Labute approximate surface area is 85.1 Å². The summed E-state index contributed by atoms with van der Waals surface area (Å²) < 4.78 is 0. The van der Waals surface area contributed by atoms with Crippen molar-refractivity contribution in [3.05, 3.63) is 40.0 Å². The number of amides is 1. The van der Waals surface area contributed by atoms with E-state index in [4.69, 9.17) is 23.2 Å². The lowest BCUT2D eigenvalue weighted by Crippen LogP contribution is -2.29. The SMILES string of the molecule is O=C1NC=C1c1ccc(Cl)cc1Cl. The second-order valence-electron chi connectivity index (χ2n) is 2.66. The summed E-state index contributed by atoms with van der Waals surface area (Å²) in [6.07, 6.45) is 1.62. The molecule has 0 aromatic heterocycles. The lowest BCUT2D eigenvalue weighted by Gasteiger charge is -2.15. The maximum atomic E-state index is 11.0. The first-order chi connectivity index (χ1) is 6.18. The third-order valence-electron chi connectivity index (χ3n) is 1.81. The lowest BCUT2D eigenvalue weighted by molar-refractivity contribution is -0.116. The summed E-state index contributed by atoms with van der Waals surface area (Å²) in [7, 11) is 0. The number of nitrogens with one attached hydrogen (secondary N) is 1. The largest absolute Gasteiger partial charge is 0.328 e. The zero-order chi connectivity index (χ0) is 9.42. The van der Waals surface area contributed by atoms with Gasteiger partial charge in [-0.05, 0) is 12.1 Å². The van der Waals surface area contributed by atoms with Gasteiger partial charge in [0, 0.05) is 16.8 Å². The van der Waals surface area contributed by atoms with Gasteiger partial charge in [0.25, 0.3) is 5.91 Å². The molecule has 13 heavy (non-hydrogen) atoms. The van der Waals surface area contributed by atoms with Gasteiger partial charge in [0.15, 0.2) is 0 Å². The molecule has 0 bridgehead atoms. The zero-order valence-corrected chi connectivity index (χ0v) is 7.99. The van der Waals surface area contributed by atoms with Crippen LogP contribution in [0.15, 0.2) is 24.4 Å². The molecule has 0 radical (unpaired) electrons. The summed E-state index contributed by atoms with van der Waals surface area (Å²) >= 11 is 11.6. The van der Waals surface area contributed by atoms with E-state index in [1.807, 2.05) is 0 Å². The molecule has 0 saturated carbocycles. The quantitative estimate of drug-likeness (QED) is 0.764. The van der Waals surface area contributed by atoms with E-state index in [1.54, 1.807) is 24.4 Å². The number of rotatable bonds is 1. The van der Waals surface area contributed by atoms with Crippen molar-refractivity contribution in [2.45, 2.75) is 0 Å². The molecule has 66 valence electrons. The second-order valence-corrected chi connectivity index (χ2v) is 3.50. The van der Waals surface area contributed by atoms with Gasteiger partial charge in [-0.2, -0.15) is 0 Å². The minimum absolute atomic E-state index is 0.107. The van der Waals surface area contributed by atoms with Gasteiger partial charge >= 0.3 is 0 Å². The molecule has 1 aromatic rings. The highest BCUT2D eigenvalue weighted by molar-refractivity contribution is 6.38. The molecule has 1 aliphatic heterocycles. The highest BCUT2D eigenvalue weighted by atomic mass is 35.5. The van der Waals surface area contributed by atoms with E-state index in [9.17, 15) is 4.79 Å². The van der Waals surface area contributed by atoms with Gasteiger partial charge in [0.05, 0.1) is 10.6 Å². The highest BCUT2D eigenvalue weighted by Gasteiger charge is 2.20. The van der Waals surface area contributed by atoms with Crippen molar-refractivity contribution in [2.24, 2.45) is 0 Å². The fourth-order valence-corrected chi connectivity index (χ4v) is 1.62. The van der Waals surface area contributed by atoms with Crippen molar-refractivity contribution in [3.8, 4) is 0 Å². The van der Waals surface area contributed by atoms with Crippen LogP contribution in [-0.4, -0.2) is 5.91 Å². The highest BCUT2D eigenvalue weighted by Crippen LogP contribution is 2.28. The average molecular weight is 214 g/mol. The van der Waals surface area contributed by atoms with Gasteiger partial charge in [0.1, 0.15) is 0 Å². The van der Waals surface area contributed by atoms with Crippen LogP contribution in [0.25, 0.3) is 5.57 Å². The fraction of sp³-hybridized carbons (Fsp3) is 0. The van der Waals surface area contributed by atoms with Crippen LogP contribution in [0.4, 0.5) is 0 Å². The lowest BCUT2D eigenvalue weighted by atomic mass is 10.0. The minimum atomic E-state index is -0.107. The van der Waals surface area contributed by atoms with Crippen LogP contribution in [0.3, 0.4) is 0 Å². The molecule has 4 heteroatoms. The fourth-order valence-electron chi connectivity index (χ4n) is 1.11. The Morgan fingerprint density at radius 2 is 2.00 bits per heavy atom. The summed E-state index contributed by atoms with van der Waals surface area (Å²) in [5.41, 5.74) is 1.32. The number of carbonyl (C=O) groups excluding carboxylic acids is 1. The molecule has 1 aromatic carbocycles. The molecule has 0 atom stereocenters. The van der Waals surface area contributed by atoms with E-state index in [0.29, 0.717) is 15.6 Å². The number of carbonyl (C=O) groups is 1. The van der Waals surface area contributed by atoms with Gasteiger partial charge in [-0.25, -0.2) is 0 Å². The summed E-state index contributed by atoms with van der Waals surface area (Å²) in [6.45, 7) is 0. The zero-order valence-electron chi connectivity index (χ0n) is 6.47. The number of hydrogen-bond acceptors (Lipinski definition) is 1. The summed E-state index contributed by atoms with van der Waals surface area (Å²) in [4.78, 5) is 11.0. The summed E-state index contributed by atoms with van der Waals surface area (Å²) in [6, 6.07) is 5.05. The van der Waals surface area contributed by atoms with Crippen molar-refractivity contribution in [1.82, 2.24) is 5.32 Å². The van der Waals surface area contributed by atoms with Crippen molar-refractivity contribution in [1.29, 1.82) is 0 Å². The first-order valence-electron chi connectivity index (χ1n) is 3.65. The number of benzene rings is 1. The van der Waals surface area contributed by atoms with Crippen LogP contribution in [0.2, 0.25) is 10.0 Å². The van der Waals surface area contributed by atoms with Gasteiger partial charge in [0.2, 0.25) is 0 Å². The molecule has 0 fully saturated rings. The minimum Gasteiger partial charge on any atom is -0.328 e. The Morgan fingerprint density at radius 1 is 1.23 bits per heavy atom. The van der Waals surface area contributed by atoms with Crippen LogP contribution in [-0.2, 0) is 4.79 Å². The molecule has 1 N–H and O–H groups in total. The first kappa shape index (κ1) is 8.60. The Hall–Kier alpha value is -0.990. The normalized spacial score (nSPS) is 14.6. The van der Waals surface area contributed by atoms with Crippen LogP contribution in [0, 0.1) is 0 Å². The van der Waals surface area contributed by atoms with Crippen LogP contribution < -0.4 is 5.32 Å². The van der Waals surface area contributed by atoms with Gasteiger partial charge in [-0.15, -0.1) is 0 Å². The third kappa shape index (κ3) is 1.43. The molecule has 0 aliphatic carbocycles. The van der Waals surface area contributed by atoms with E-state index >= 15 is 0 Å². The molecular weight excluding hydrogens is 209 g/mol. The maximum Gasteiger partial charge on any atom is 0.257 e. The topological polar surface area (TPSA) is 29.1 Å². The van der Waals surface area contributed by atoms with Crippen molar-refractivity contribution < 1.29 is 4.79 Å². The van der Waals surface area contributed by atoms with E-state index in [0.717, 1.165) is 5.56 Å². The summed E-state index contributed by atoms with van der Waals surface area (Å²) in [5, 5.41) is 3.56. The van der Waals surface area contributed by atoms with Gasteiger partial charge in [-0.3, -0.25) is 4.79 Å². The molecule has 0 spiro atoms. The Bertz CT molecular complexity index is 412. The molecule has 1 heterocycles. The van der Waals surface area contributed by atoms with Crippen molar-refractivity contribution in [3.63, 3.8) is 0 Å². The molecule has 2 nitrogen and oxygen atoms in total. The Kier molecular flexibility index (Phi) is 2.02. The van der Waals surface area contributed by atoms with E-state index in [2.05, 4.69) is 5.32 Å². The standard InChI is InChI=1S/C9H5Cl2NO/c10-5-1-2-6(8(11)3-5)7-4-12-9(7)13/h1-4H,(H,12,13). The van der Waals surface area contributed by atoms with E-state index in [1.165, 1.54) is 0 Å². The number of hydrogen-bond donors (Lipinski definition) is 1. The van der Waals surface area contributed by atoms with Crippen molar-refractivity contribution >= 4 is 34.7 Å². The Balaban J connectivity index is 2.47. The molecule has 2 rings (SSSR count). The van der Waals surface area contributed by atoms with Crippen molar-refractivity contribution in [2.75, 3.05) is 0 Å². The molecule has 1 aliphatic rings. The van der Waals surface area contributed by atoms with Crippen LogP contribution in [0.5, 0.6) is 0 Å². The predicted molar refractivity (Wildman–Crippen MR) is 52.6 cm³/mol. The smallest absolute Gasteiger partial charge is 0.257 e. The maximum absolute atomic E-state index is 11.0. The molecular formula is C9H5Cl2NO. The first-order valence-corrected chi connectivity index (χ1v) is 4.40. The second kappa shape index (κ2) is 3.05. The molecule has 0 saturated heterocycles. The summed E-state index contributed by atoms with van der Waals surface area (Å²) in [5.74, 6) is -0.107. The van der Waals surface area contributed by atoms with Gasteiger partial charge < -0.3 is 5.32 Å². The van der Waals surface area contributed by atoms with Crippen LogP contribution >= 0.6 is 23.2 Å². The van der Waals surface area contributed by atoms with E-state index < -0.39 is 0 Å². The average Bonchev–Trinajstić information content (AvgIpc) is 2.07. The van der Waals surface area contributed by atoms with E-state index in [-0.39, 0.29) is 5.91 Å². The number of halogens is 2. The Morgan fingerprint density at radius 3 is 2.46 bits per heavy atom. The third-order valence-corrected chi connectivity index (χ3v) is 2.36. The van der Waals surface area contributed by atoms with Crippen LogP contribution in [0.1, 0.15) is 5.56 Å².